The van der Waals surface area contributed by atoms with Gasteiger partial charge in [0.1, 0.15) is 0 Å². The van der Waals surface area contributed by atoms with Gasteiger partial charge < -0.3 is 0 Å². The number of nitrogens with one attached hydrogen (secondary N) is 3. The molecule has 0 bridgehead atoms. The van der Waals surface area contributed by atoms with Gasteiger partial charge in [0, 0.05) is 0 Å². The first-order valence-electron chi connectivity index (χ1n) is 12.7. The third kappa shape index (κ3) is 6.36. The molecule has 1 unspecified atom stereocenters. The topological polar surface area (TPSA) is 96.0 Å². The molecule has 1 atom stereocenters. The molecule has 190 valence electrons. The van der Waals surface area contributed by atoms with Crippen molar-refractivity contribution in [3.05, 3.63) is 102 Å². The number of hydrogen-bond acceptors (Lipinski definition) is 5. The molecule has 2 heterocycles. The van der Waals surface area contributed by atoms with Crippen LogP contribution in [-0.4, -0.2) is 57.8 Å². The van der Waals surface area contributed by atoms with Crippen LogP contribution in [0.25, 0.3) is 22.4 Å². The molecular formula is C30H28AsN5O2. The van der Waals surface area contributed by atoms with Gasteiger partial charge in [-0.2, -0.15) is 0 Å². The molecular weight excluding hydrogens is 537 g/mol. The first-order chi connectivity index (χ1) is 18.6. The Morgan fingerprint density at radius 1 is 0.921 bits per heavy atom. The second kappa shape index (κ2) is 12.2. The number of benzene rings is 3. The third-order valence-corrected chi connectivity index (χ3v) is 7.22. The maximum absolute atomic E-state index is 12.9. The number of hydrogen-bond donors (Lipinski definition) is 3. The van der Waals surface area contributed by atoms with E-state index in [1.165, 1.54) is 0 Å². The van der Waals surface area contributed by atoms with Crippen molar-refractivity contribution in [2.45, 2.75) is 25.4 Å². The molecule has 4 aromatic rings. The SMILES string of the molecule is O=C(NCc1ccc(-c2ccccc2)cc1)c1cccc(-c2cnc([As])c(C(=O)NC3CCCNC3)n2)c1. The van der Waals surface area contributed by atoms with Gasteiger partial charge in [0.2, 0.25) is 0 Å². The molecule has 3 aromatic carbocycles. The van der Waals surface area contributed by atoms with Crippen LogP contribution in [0, 0.1) is 0 Å². The average molecular weight is 566 g/mol. The van der Waals surface area contributed by atoms with Crippen LogP contribution in [0.15, 0.2) is 85.1 Å². The summed E-state index contributed by atoms with van der Waals surface area (Å²) < 4.78 is 0.509. The van der Waals surface area contributed by atoms with E-state index in [9.17, 15) is 9.59 Å². The van der Waals surface area contributed by atoms with E-state index in [2.05, 4.69) is 67.0 Å². The average Bonchev–Trinajstić information content (AvgIpc) is 2.97. The van der Waals surface area contributed by atoms with Crippen LogP contribution in [0.3, 0.4) is 0 Å². The first kappa shape index (κ1) is 25.8. The van der Waals surface area contributed by atoms with Crippen molar-refractivity contribution in [3.63, 3.8) is 0 Å². The molecule has 1 aromatic heterocycles. The summed E-state index contributed by atoms with van der Waals surface area (Å²) in [7, 11) is 0. The van der Waals surface area contributed by atoms with Crippen molar-refractivity contribution in [2.24, 2.45) is 0 Å². The summed E-state index contributed by atoms with van der Waals surface area (Å²) in [5.41, 5.74) is 5.36. The Bertz CT molecular complexity index is 1420. The Balaban J connectivity index is 1.25. The van der Waals surface area contributed by atoms with E-state index in [1.54, 1.807) is 18.3 Å². The van der Waals surface area contributed by atoms with E-state index in [0.29, 0.717) is 22.3 Å². The number of carbonyl (C=O) groups is 2. The van der Waals surface area contributed by atoms with Crippen molar-refractivity contribution in [1.82, 2.24) is 25.9 Å². The molecule has 1 aliphatic rings. The van der Waals surface area contributed by atoms with E-state index in [-0.39, 0.29) is 23.6 Å². The van der Waals surface area contributed by atoms with Gasteiger partial charge in [-0.15, -0.1) is 0 Å². The minimum absolute atomic E-state index is 0.0789. The number of amides is 2. The van der Waals surface area contributed by atoms with Crippen LogP contribution in [0.1, 0.15) is 39.3 Å². The van der Waals surface area contributed by atoms with Crippen LogP contribution in [-0.2, 0) is 6.54 Å². The summed E-state index contributed by atoms with van der Waals surface area (Å²) >= 11 is 2.30. The zero-order valence-corrected chi connectivity index (χ0v) is 22.7. The van der Waals surface area contributed by atoms with Gasteiger partial charge in [-0.05, 0) is 11.1 Å². The van der Waals surface area contributed by atoms with Gasteiger partial charge in [0.05, 0.1) is 0 Å². The molecule has 3 N–H and O–H groups in total. The van der Waals surface area contributed by atoms with Gasteiger partial charge in [0.15, 0.2) is 0 Å². The van der Waals surface area contributed by atoms with E-state index in [4.69, 9.17) is 0 Å². The second-order valence-corrected chi connectivity index (χ2v) is 10.2. The standard InChI is InChI=1S/C30H28AsN5O2/c31-28-27(30(38)35-25-10-5-15-32-18-25)36-26(19-33-28)23-8-4-9-24(16-23)29(37)34-17-20-11-13-22(14-12-20)21-6-2-1-3-7-21/h1-4,6-9,11-14,16,19,25,32H,5,10,15,17-18H2,(H,34,37)(H,35,38). The zero-order chi connectivity index (χ0) is 26.3. The molecule has 0 spiro atoms. The molecule has 38 heavy (non-hydrogen) atoms. The van der Waals surface area contributed by atoms with Crippen LogP contribution in [0.2, 0.25) is 0 Å². The maximum atomic E-state index is 12.9. The van der Waals surface area contributed by atoms with E-state index in [0.717, 1.165) is 48.2 Å². The van der Waals surface area contributed by atoms with E-state index >= 15 is 0 Å². The van der Waals surface area contributed by atoms with E-state index < -0.39 is 0 Å². The molecule has 5 rings (SSSR count). The summed E-state index contributed by atoms with van der Waals surface area (Å²) in [6, 6.07) is 25.6. The number of rotatable bonds is 7. The van der Waals surface area contributed by atoms with Crippen LogP contribution in [0.5, 0.6) is 0 Å². The molecule has 0 saturated carbocycles. The van der Waals surface area contributed by atoms with Crippen LogP contribution >= 0.6 is 0 Å². The van der Waals surface area contributed by atoms with Gasteiger partial charge in [-0.25, -0.2) is 0 Å². The third-order valence-electron chi connectivity index (χ3n) is 6.54. The molecule has 7 nitrogen and oxygen atoms in total. The Morgan fingerprint density at radius 2 is 1.68 bits per heavy atom. The quantitative estimate of drug-likeness (QED) is 0.300. The van der Waals surface area contributed by atoms with Gasteiger partial charge in [-0.1, -0.05) is 42.5 Å². The molecule has 2 amide bonds. The Hall–Kier alpha value is -3.80. The molecule has 8 heteroatoms. The molecule has 1 saturated heterocycles. The fraction of sp³-hybridized carbons (Fsp3) is 0.200. The Kier molecular flexibility index (Phi) is 8.27. The van der Waals surface area contributed by atoms with Crippen molar-refractivity contribution >= 4 is 33.1 Å². The van der Waals surface area contributed by atoms with E-state index in [1.807, 2.05) is 42.5 Å². The summed E-state index contributed by atoms with van der Waals surface area (Å²) in [5.74, 6) is -0.422. The molecule has 1 aliphatic heterocycles. The van der Waals surface area contributed by atoms with Crippen molar-refractivity contribution in [1.29, 1.82) is 0 Å². The Labute approximate surface area is 231 Å². The normalized spacial score (nSPS) is 15.0. The van der Waals surface area contributed by atoms with Crippen molar-refractivity contribution in [3.8, 4) is 22.4 Å². The van der Waals surface area contributed by atoms with Crippen molar-refractivity contribution in [2.75, 3.05) is 13.1 Å². The van der Waals surface area contributed by atoms with Gasteiger partial charge >= 0.3 is 178 Å². The Morgan fingerprint density at radius 3 is 2.45 bits per heavy atom. The van der Waals surface area contributed by atoms with Gasteiger partial charge in [-0.3, -0.25) is 0 Å². The summed E-state index contributed by atoms with van der Waals surface area (Å²) in [6.45, 7) is 2.14. The minimum atomic E-state index is -0.240. The number of nitrogens with zero attached hydrogens (tertiary/aromatic N) is 2. The van der Waals surface area contributed by atoms with Crippen LogP contribution < -0.4 is 20.4 Å². The second-order valence-electron chi connectivity index (χ2n) is 9.27. The van der Waals surface area contributed by atoms with Crippen LogP contribution in [0.4, 0.5) is 0 Å². The predicted octanol–water partition coefficient (Wildman–Crippen LogP) is 3.02. The monoisotopic (exact) mass is 565 g/mol. The molecule has 2 radical (unpaired) electrons. The predicted molar refractivity (Wildman–Crippen MR) is 149 cm³/mol. The summed E-state index contributed by atoms with van der Waals surface area (Å²) in [6.07, 6.45) is 3.59. The molecule has 1 fully saturated rings. The fourth-order valence-electron chi connectivity index (χ4n) is 4.45. The van der Waals surface area contributed by atoms with Crippen molar-refractivity contribution < 1.29 is 9.59 Å². The molecule has 0 aliphatic carbocycles. The summed E-state index contributed by atoms with van der Waals surface area (Å²) in [4.78, 5) is 34.8. The first-order valence-corrected chi connectivity index (χ1v) is 13.6. The summed E-state index contributed by atoms with van der Waals surface area (Å²) in [5, 5.41) is 9.34. The fourth-order valence-corrected chi connectivity index (χ4v) is 4.89. The zero-order valence-electron chi connectivity index (χ0n) is 20.9. The number of aromatic nitrogens is 2. The van der Waals surface area contributed by atoms with Gasteiger partial charge in [0.25, 0.3) is 0 Å². The number of carbonyl (C=O) groups excluding carboxylic acids is 2. The number of piperidine rings is 1.